The Morgan fingerprint density at radius 3 is 2.59 bits per heavy atom. The second-order valence-electron chi connectivity index (χ2n) is 6.47. The van der Waals surface area contributed by atoms with Crippen LogP contribution in [0, 0.1) is 5.82 Å². The van der Waals surface area contributed by atoms with Crippen LogP contribution in [0.5, 0.6) is 0 Å². The van der Waals surface area contributed by atoms with Gasteiger partial charge in [-0.15, -0.1) is 11.8 Å². The summed E-state index contributed by atoms with van der Waals surface area (Å²) in [6.45, 7) is 0. The molecule has 2 aliphatic rings. The number of aromatic nitrogens is 1. The van der Waals surface area contributed by atoms with Gasteiger partial charge in [0, 0.05) is 12.2 Å². The molecule has 3 N–H and O–H groups in total. The van der Waals surface area contributed by atoms with Crippen molar-refractivity contribution in [3.8, 4) is 0 Å². The van der Waals surface area contributed by atoms with E-state index in [0.29, 0.717) is 0 Å². The Labute approximate surface area is 155 Å². The highest BCUT2D eigenvalue weighted by Gasteiger charge is 2.35. The third kappa shape index (κ3) is 2.85. The molecule has 1 fully saturated rings. The van der Waals surface area contributed by atoms with Crippen molar-refractivity contribution < 1.29 is 29.0 Å². The van der Waals surface area contributed by atoms with Gasteiger partial charge in [-0.2, -0.15) is 0 Å². The number of pyridine rings is 1. The number of anilines is 1. The molecular weight excluding hydrogens is 379 g/mol. The monoisotopic (exact) mass is 392 g/mol. The topological polar surface area (TPSA) is 126 Å². The summed E-state index contributed by atoms with van der Waals surface area (Å²) in [6, 6.07) is 0.920. The molecule has 1 aromatic heterocycles. The number of nitrogens with zero attached hydrogens (tertiary/aromatic N) is 1. The fraction of sp³-hybridized carbons (Fsp3) is 0.294. The van der Waals surface area contributed by atoms with E-state index in [1.165, 1.54) is 6.20 Å². The number of halogens is 1. The number of carbonyl (C=O) groups is 3. The second kappa shape index (κ2) is 6.08. The predicted octanol–water partition coefficient (Wildman–Crippen LogP) is 2.06. The minimum Gasteiger partial charge on any atom is -0.481 e. The highest BCUT2D eigenvalue weighted by molar-refractivity contribution is 8.01. The lowest BCUT2D eigenvalue weighted by atomic mass is 10.1. The van der Waals surface area contributed by atoms with Crippen LogP contribution in [-0.4, -0.2) is 37.9 Å². The number of hydrogen-bond acceptors (Lipinski definition) is 5. The normalized spacial score (nSPS) is 18.9. The molecule has 10 heteroatoms. The molecule has 2 aromatic rings. The van der Waals surface area contributed by atoms with Gasteiger partial charge in [0.25, 0.3) is 0 Å². The molecule has 27 heavy (non-hydrogen) atoms. The lowest BCUT2D eigenvalue weighted by molar-refractivity contribution is -0.138. The van der Waals surface area contributed by atoms with E-state index in [2.05, 4.69) is 5.32 Å². The van der Waals surface area contributed by atoms with Gasteiger partial charge in [-0.3, -0.25) is 14.4 Å². The van der Waals surface area contributed by atoms with Crippen LogP contribution in [0.15, 0.2) is 22.0 Å². The average Bonchev–Trinajstić information content (AvgIpc) is 3.41. The van der Waals surface area contributed by atoms with Crippen molar-refractivity contribution in [2.45, 2.75) is 35.4 Å². The number of thioether (sulfide) groups is 1. The first-order valence-electron chi connectivity index (χ1n) is 8.12. The van der Waals surface area contributed by atoms with E-state index in [1.807, 2.05) is 0 Å². The van der Waals surface area contributed by atoms with Gasteiger partial charge in [-0.05, 0) is 18.9 Å². The largest absolute Gasteiger partial charge is 0.481 e. The number of rotatable bonds is 4. The Bertz CT molecular complexity index is 1090. The van der Waals surface area contributed by atoms with Gasteiger partial charge in [-0.1, -0.05) is 0 Å². The molecule has 1 aromatic carbocycles. The van der Waals surface area contributed by atoms with Crippen molar-refractivity contribution in [2.24, 2.45) is 0 Å². The van der Waals surface area contributed by atoms with Crippen LogP contribution in [0.1, 0.15) is 35.7 Å². The Morgan fingerprint density at radius 2 is 2.00 bits per heavy atom. The number of amides is 1. The zero-order valence-corrected chi connectivity index (χ0v) is 14.5. The molecule has 140 valence electrons. The predicted molar refractivity (Wildman–Crippen MR) is 93.9 cm³/mol. The van der Waals surface area contributed by atoms with Crippen LogP contribution in [0.4, 0.5) is 10.1 Å². The van der Waals surface area contributed by atoms with Crippen molar-refractivity contribution in [3.63, 3.8) is 0 Å². The molecule has 0 spiro atoms. The van der Waals surface area contributed by atoms with Crippen molar-refractivity contribution in [3.05, 3.63) is 33.9 Å². The highest BCUT2D eigenvalue weighted by atomic mass is 32.2. The summed E-state index contributed by atoms with van der Waals surface area (Å²) in [5.74, 6) is -4.00. The lowest BCUT2D eigenvalue weighted by Crippen LogP contribution is -2.32. The van der Waals surface area contributed by atoms with Crippen LogP contribution >= 0.6 is 11.8 Å². The first-order chi connectivity index (χ1) is 12.8. The van der Waals surface area contributed by atoms with Crippen molar-refractivity contribution in [2.75, 3.05) is 5.32 Å². The number of carboxylic acids is 2. The first-order valence-corrected chi connectivity index (χ1v) is 9.00. The number of nitrogens with one attached hydrogen (secondary N) is 1. The van der Waals surface area contributed by atoms with Gasteiger partial charge in [0.1, 0.15) is 11.4 Å². The molecule has 2 heterocycles. The van der Waals surface area contributed by atoms with Gasteiger partial charge in [0.05, 0.1) is 33.2 Å². The van der Waals surface area contributed by atoms with Crippen molar-refractivity contribution in [1.29, 1.82) is 0 Å². The number of aliphatic carboxylic acids is 1. The van der Waals surface area contributed by atoms with Gasteiger partial charge in [0.2, 0.25) is 11.3 Å². The number of carbonyl (C=O) groups excluding carboxylic acids is 1. The zero-order valence-electron chi connectivity index (χ0n) is 13.7. The van der Waals surface area contributed by atoms with E-state index in [0.717, 1.165) is 30.7 Å². The van der Waals surface area contributed by atoms with Gasteiger partial charge in [-0.25, -0.2) is 9.18 Å². The van der Waals surface area contributed by atoms with Crippen molar-refractivity contribution in [1.82, 2.24) is 4.57 Å². The lowest BCUT2D eigenvalue weighted by Gasteiger charge is -2.26. The number of benzene rings is 1. The minimum absolute atomic E-state index is 0.0422. The summed E-state index contributed by atoms with van der Waals surface area (Å²) in [5, 5.41) is 19.6. The van der Waals surface area contributed by atoms with Gasteiger partial charge < -0.3 is 20.1 Å². The fourth-order valence-electron chi connectivity index (χ4n) is 3.19. The third-order valence-corrected chi connectivity index (χ3v) is 5.85. The van der Waals surface area contributed by atoms with Crippen LogP contribution in [-0.2, 0) is 9.59 Å². The maximum absolute atomic E-state index is 14.7. The van der Waals surface area contributed by atoms with Crippen LogP contribution < -0.4 is 10.7 Å². The first kappa shape index (κ1) is 17.5. The molecule has 0 bridgehead atoms. The minimum atomic E-state index is -1.41. The van der Waals surface area contributed by atoms with Crippen molar-refractivity contribution >= 4 is 46.2 Å². The molecule has 8 nitrogen and oxygen atoms in total. The van der Waals surface area contributed by atoms with Crippen LogP contribution in [0.2, 0.25) is 0 Å². The number of fused-ring (bicyclic) bond motifs is 3. The Morgan fingerprint density at radius 1 is 1.30 bits per heavy atom. The SMILES string of the molecule is O=C(O)CC1Sc2c(F)cc3c(=O)c(C(=O)O)cn(C4CC4)c3c2NC1=O. The van der Waals surface area contributed by atoms with E-state index >= 15 is 0 Å². The standard InChI is InChI=1S/C17H13FN2O6S/c18-9-3-7-13(12-15(9)27-10(4-11(21)22)16(24)19-12)20(6-1-2-6)5-8(14(7)23)17(25)26/h3,5-6,10H,1-2,4H2,(H,19,24)(H,21,22)(H,25,26). The Kier molecular flexibility index (Phi) is 3.95. The summed E-state index contributed by atoms with van der Waals surface area (Å²) in [4.78, 5) is 47.2. The molecule has 1 unspecified atom stereocenters. The van der Waals surface area contributed by atoms with Gasteiger partial charge in [0.15, 0.2) is 0 Å². The molecule has 1 amide bonds. The van der Waals surface area contributed by atoms with E-state index in [-0.39, 0.29) is 27.5 Å². The molecule has 0 saturated heterocycles. The fourth-order valence-corrected chi connectivity index (χ4v) is 4.30. The molecular formula is C17H13FN2O6S. The quantitative estimate of drug-likeness (QED) is 0.727. The summed E-state index contributed by atoms with van der Waals surface area (Å²) >= 11 is 0.793. The Balaban J connectivity index is 2.00. The third-order valence-electron chi connectivity index (χ3n) is 4.55. The van der Waals surface area contributed by atoms with Crippen LogP contribution in [0.3, 0.4) is 0 Å². The number of hydrogen-bond donors (Lipinski definition) is 3. The smallest absolute Gasteiger partial charge is 0.341 e. The maximum Gasteiger partial charge on any atom is 0.341 e. The van der Waals surface area contributed by atoms with E-state index < -0.39 is 46.3 Å². The number of carboxylic acid groups (broad SMARTS) is 2. The second-order valence-corrected chi connectivity index (χ2v) is 7.68. The van der Waals surface area contributed by atoms with E-state index in [4.69, 9.17) is 5.11 Å². The zero-order chi connectivity index (χ0) is 19.5. The summed E-state index contributed by atoms with van der Waals surface area (Å²) in [7, 11) is 0. The van der Waals surface area contributed by atoms with Gasteiger partial charge >= 0.3 is 11.9 Å². The molecule has 1 aliphatic heterocycles. The Hall–Kier alpha value is -2.88. The highest BCUT2D eigenvalue weighted by Crippen LogP contribution is 2.45. The number of aromatic carboxylic acids is 1. The molecule has 1 saturated carbocycles. The van der Waals surface area contributed by atoms with E-state index in [1.54, 1.807) is 4.57 Å². The molecule has 1 aliphatic carbocycles. The molecule has 0 radical (unpaired) electrons. The van der Waals surface area contributed by atoms with Crippen LogP contribution in [0.25, 0.3) is 10.9 Å². The summed E-state index contributed by atoms with van der Waals surface area (Å²) < 4.78 is 16.3. The molecule has 1 atom stereocenters. The maximum atomic E-state index is 14.7. The average molecular weight is 392 g/mol. The summed E-state index contributed by atoms with van der Waals surface area (Å²) in [5.41, 5.74) is -0.948. The molecule has 4 rings (SSSR count). The summed E-state index contributed by atoms with van der Waals surface area (Å²) in [6.07, 6.45) is 2.29. The van der Waals surface area contributed by atoms with E-state index in [9.17, 15) is 28.7 Å².